The van der Waals surface area contributed by atoms with E-state index in [1.807, 2.05) is 6.07 Å². The van der Waals surface area contributed by atoms with Gasteiger partial charge in [-0.25, -0.2) is 0 Å². The summed E-state index contributed by atoms with van der Waals surface area (Å²) >= 11 is 1.72. The van der Waals surface area contributed by atoms with E-state index in [0.717, 1.165) is 38.4 Å². The first-order valence-corrected chi connectivity index (χ1v) is 7.50. The molecule has 1 aliphatic heterocycles. The summed E-state index contributed by atoms with van der Waals surface area (Å²) in [6, 6.07) is 4.36. The summed E-state index contributed by atoms with van der Waals surface area (Å²) in [7, 11) is 0. The van der Waals surface area contributed by atoms with Crippen molar-refractivity contribution in [3.05, 3.63) is 34.1 Å². The van der Waals surface area contributed by atoms with Crippen LogP contribution in [0.15, 0.2) is 22.0 Å². The molecule has 0 amide bonds. The van der Waals surface area contributed by atoms with Gasteiger partial charge < -0.3 is 9.84 Å². The topological polar surface area (TPSA) is 54.2 Å². The van der Waals surface area contributed by atoms with Crippen molar-refractivity contribution in [2.24, 2.45) is 0 Å². The minimum atomic E-state index is 0.225. The Balaban J connectivity index is 1.66. The third-order valence-corrected chi connectivity index (χ3v) is 4.34. The van der Waals surface area contributed by atoms with Crippen molar-refractivity contribution < 1.29 is 4.52 Å². The summed E-state index contributed by atoms with van der Waals surface area (Å²) < 4.78 is 5.35. The standard InChI is InChI=1S/C13H18N4OS/c1-10(17-6-4-14-5-7-17)13-15-12(18-16-13)9-11-3-2-8-19-11/h2-3,8,10,14H,4-7,9H2,1H3. The van der Waals surface area contributed by atoms with Crippen LogP contribution in [0.4, 0.5) is 0 Å². The summed E-state index contributed by atoms with van der Waals surface area (Å²) in [5.41, 5.74) is 0. The number of nitrogens with zero attached hydrogens (tertiary/aromatic N) is 3. The van der Waals surface area contributed by atoms with Crippen LogP contribution in [-0.2, 0) is 6.42 Å². The van der Waals surface area contributed by atoms with E-state index in [2.05, 4.69) is 38.7 Å². The summed E-state index contributed by atoms with van der Waals surface area (Å²) in [6.45, 7) is 6.28. The quantitative estimate of drug-likeness (QED) is 0.922. The molecule has 0 aromatic carbocycles. The van der Waals surface area contributed by atoms with Crippen molar-refractivity contribution in [3.8, 4) is 0 Å². The summed E-state index contributed by atoms with van der Waals surface area (Å²) in [6.07, 6.45) is 0.735. The van der Waals surface area contributed by atoms with Crippen LogP contribution < -0.4 is 5.32 Å². The fraction of sp³-hybridized carbons (Fsp3) is 0.538. The van der Waals surface area contributed by atoms with Gasteiger partial charge in [0.15, 0.2) is 5.82 Å². The maximum Gasteiger partial charge on any atom is 0.231 e. The van der Waals surface area contributed by atoms with Gasteiger partial charge in [0.2, 0.25) is 5.89 Å². The molecule has 1 atom stereocenters. The maximum absolute atomic E-state index is 5.35. The lowest BCUT2D eigenvalue weighted by molar-refractivity contribution is 0.176. The maximum atomic E-state index is 5.35. The van der Waals surface area contributed by atoms with E-state index in [9.17, 15) is 0 Å². The lowest BCUT2D eigenvalue weighted by Gasteiger charge is -2.30. The zero-order valence-electron chi connectivity index (χ0n) is 11.0. The van der Waals surface area contributed by atoms with Crippen molar-refractivity contribution in [2.45, 2.75) is 19.4 Å². The highest BCUT2D eigenvalue weighted by Crippen LogP contribution is 2.19. The van der Waals surface area contributed by atoms with Crippen LogP contribution in [0.2, 0.25) is 0 Å². The molecule has 1 N–H and O–H groups in total. The number of nitrogens with one attached hydrogen (secondary N) is 1. The molecule has 0 spiro atoms. The first-order chi connectivity index (χ1) is 9.33. The molecular formula is C13H18N4OS. The second-order valence-corrected chi connectivity index (χ2v) is 5.80. The first kappa shape index (κ1) is 12.8. The van der Waals surface area contributed by atoms with Crippen LogP contribution in [0.5, 0.6) is 0 Å². The normalized spacial score (nSPS) is 18.6. The zero-order chi connectivity index (χ0) is 13.1. The van der Waals surface area contributed by atoms with Gasteiger partial charge in [0.25, 0.3) is 0 Å². The third kappa shape index (κ3) is 3.02. The number of rotatable bonds is 4. The van der Waals surface area contributed by atoms with Crippen LogP contribution >= 0.6 is 11.3 Å². The van der Waals surface area contributed by atoms with Gasteiger partial charge in [0.1, 0.15) is 0 Å². The van der Waals surface area contributed by atoms with Crippen LogP contribution in [0, 0.1) is 0 Å². The molecule has 19 heavy (non-hydrogen) atoms. The van der Waals surface area contributed by atoms with E-state index in [-0.39, 0.29) is 6.04 Å². The van der Waals surface area contributed by atoms with E-state index >= 15 is 0 Å². The number of hydrogen-bond donors (Lipinski definition) is 1. The Bertz CT molecular complexity index is 504. The molecular weight excluding hydrogens is 260 g/mol. The zero-order valence-corrected chi connectivity index (χ0v) is 11.8. The summed E-state index contributed by atoms with van der Waals surface area (Å²) in [4.78, 5) is 8.17. The predicted molar refractivity (Wildman–Crippen MR) is 74.3 cm³/mol. The summed E-state index contributed by atoms with van der Waals surface area (Å²) in [5.74, 6) is 1.51. The Kier molecular flexibility index (Phi) is 3.91. The van der Waals surface area contributed by atoms with Crippen LogP contribution in [0.1, 0.15) is 29.6 Å². The molecule has 6 heteroatoms. The van der Waals surface area contributed by atoms with E-state index in [0.29, 0.717) is 5.89 Å². The Labute approximate surface area is 116 Å². The largest absolute Gasteiger partial charge is 0.339 e. The number of hydrogen-bond acceptors (Lipinski definition) is 6. The molecule has 1 aliphatic rings. The fourth-order valence-electron chi connectivity index (χ4n) is 2.30. The first-order valence-electron chi connectivity index (χ1n) is 6.62. The molecule has 1 saturated heterocycles. The second-order valence-electron chi connectivity index (χ2n) is 4.76. The monoisotopic (exact) mass is 278 g/mol. The Morgan fingerprint density at radius 2 is 2.32 bits per heavy atom. The Hall–Kier alpha value is -1.24. The van der Waals surface area contributed by atoms with Crippen molar-refractivity contribution >= 4 is 11.3 Å². The fourth-order valence-corrected chi connectivity index (χ4v) is 3.00. The number of thiophene rings is 1. The number of piperazine rings is 1. The van der Waals surface area contributed by atoms with E-state index in [1.165, 1.54) is 4.88 Å². The van der Waals surface area contributed by atoms with Gasteiger partial charge in [-0.2, -0.15) is 4.98 Å². The van der Waals surface area contributed by atoms with Gasteiger partial charge in [0, 0.05) is 31.1 Å². The van der Waals surface area contributed by atoms with Crippen LogP contribution in [-0.4, -0.2) is 41.2 Å². The molecule has 0 saturated carbocycles. The lowest BCUT2D eigenvalue weighted by atomic mass is 10.2. The molecule has 2 aromatic rings. The van der Waals surface area contributed by atoms with Gasteiger partial charge in [-0.05, 0) is 18.4 Å². The summed E-state index contributed by atoms with van der Waals surface area (Å²) in [5, 5.41) is 9.55. The predicted octanol–water partition coefficient (Wildman–Crippen LogP) is 1.69. The second kappa shape index (κ2) is 5.81. The molecule has 0 aliphatic carbocycles. The minimum Gasteiger partial charge on any atom is -0.339 e. The molecule has 0 radical (unpaired) electrons. The Morgan fingerprint density at radius 3 is 3.05 bits per heavy atom. The average Bonchev–Trinajstić information content (AvgIpc) is 3.11. The molecule has 1 unspecified atom stereocenters. The van der Waals surface area contributed by atoms with Gasteiger partial charge in [-0.1, -0.05) is 11.2 Å². The van der Waals surface area contributed by atoms with Crippen LogP contribution in [0.25, 0.3) is 0 Å². The molecule has 3 heterocycles. The highest BCUT2D eigenvalue weighted by Gasteiger charge is 2.22. The van der Waals surface area contributed by atoms with Gasteiger partial charge in [-0.15, -0.1) is 11.3 Å². The smallest absolute Gasteiger partial charge is 0.231 e. The highest BCUT2D eigenvalue weighted by molar-refractivity contribution is 7.09. The molecule has 0 bridgehead atoms. The van der Waals surface area contributed by atoms with Crippen molar-refractivity contribution in [2.75, 3.05) is 26.2 Å². The molecule has 102 valence electrons. The molecule has 5 nitrogen and oxygen atoms in total. The van der Waals surface area contributed by atoms with Crippen LogP contribution in [0.3, 0.4) is 0 Å². The SMILES string of the molecule is CC(c1noc(Cc2cccs2)n1)N1CCNCC1. The van der Waals surface area contributed by atoms with Crippen molar-refractivity contribution in [1.82, 2.24) is 20.4 Å². The number of aromatic nitrogens is 2. The van der Waals surface area contributed by atoms with E-state index in [4.69, 9.17) is 4.52 Å². The van der Waals surface area contributed by atoms with E-state index in [1.54, 1.807) is 11.3 Å². The molecule has 1 fully saturated rings. The van der Waals surface area contributed by atoms with Crippen molar-refractivity contribution in [1.29, 1.82) is 0 Å². The van der Waals surface area contributed by atoms with Crippen molar-refractivity contribution in [3.63, 3.8) is 0 Å². The van der Waals surface area contributed by atoms with Gasteiger partial charge >= 0.3 is 0 Å². The van der Waals surface area contributed by atoms with Gasteiger partial charge in [-0.3, -0.25) is 4.90 Å². The van der Waals surface area contributed by atoms with Gasteiger partial charge in [0.05, 0.1) is 12.5 Å². The highest BCUT2D eigenvalue weighted by atomic mass is 32.1. The molecule has 3 rings (SSSR count). The van der Waals surface area contributed by atoms with E-state index < -0.39 is 0 Å². The minimum absolute atomic E-state index is 0.225. The lowest BCUT2D eigenvalue weighted by Crippen LogP contribution is -2.44. The Morgan fingerprint density at radius 1 is 1.47 bits per heavy atom. The molecule has 2 aromatic heterocycles. The third-order valence-electron chi connectivity index (χ3n) is 3.46. The average molecular weight is 278 g/mol.